The number of amides is 3. The third-order valence-electron chi connectivity index (χ3n) is 10.6. The number of carbonyl (C=O) groups is 4. The number of esters is 1. The largest absolute Gasteiger partial charge is 0.455 e. The number of hydrogen-bond acceptors (Lipinski definition) is 7. The van der Waals surface area contributed by atoms with Crippen molar-refractivity contribution in [2.24, 2.45) is 17.8 Å². The second-order valence-corrected chi connectivity index (χ2v) is 14.1. The van der Waals surface area contributed by atoms with E-state index in [1.54, 1.807) is 30.1 Å². The van der Waals surface area contributed by atoms with Gasteiger partial charge in [0.05, 0.1) is 30.7 Å². The van der Waals surface area contributed by atoms with Crippen molar-refractivity contribution in [2.45, 2.75) is 69.5 Å². The minimum atomic E-state index is -1.52. The summed E-state index contributed by atoms with van der Waals surface area (Å²) in [7, 11) is 0. The molecule has 50 heavy (non-hydrogen) atoms. The lowest BCUT2D eigenvalue weighted by molar-refractivity contribution is -0.162. The summed E-state index contributed by atoms with van der Waals surface area (Å²) < 4.78 is 13.1. The molecule has 0 aromatic heterocycles. The Hall–Kier alpha value is -4.80. The molecule has 0 radical (unpaired) electrons. The standard InChI is InChI=1S/C40H43N3O7/c1-24(2)30(23-44)43-36-38(47)42(29-19-18-26-12-7-8-15-28(26)22-29)21-11-20-40(36)34(37(43)46)33-31(50-40)16-9-10-17-32(45)41-25(3)35(49-39(33)48)27-13-5-4-6-14-27/h4-9,11-16,18-20,22,24-25,30-31,33-36,44H,10,17,21,23H2,1-3H3,(H,41,45)/b16-9-/t25-,30+,31-,33+,34+,35+,36-,40+/m1/s1. The van der Waals surface area contributed by atoms with Gasteiger partial charge in [0.2, 0.25) is 11.8 Å². The van der Waals surface area contributed by atoms with Crippen LogP contribution in [0.1, 0.15) is 45.3 Å². The minimum Gasteiger partial charge on any atom is -0.455 e. The van der Waals surface area contributed by atoms with E-state index in [2.05, 4.69) is 5.32 Å². The van der Waals surface area contributed by atoms with Gasteiger partial charge in [0.15, 0.2) is 0 Å². The number of cyclic esters (lactones) is 1. The zero-order valence-corrected chi connectivity index (χ0v) is 28.5. The predicted octanol–water partition coefficient (Wildman–Crippen LogP) is 4.48. The Morgan fingerprint density at radius 2 is 1.68 bits per heavy atom. The Kier molecular flexibility index (Phi) is 9.09. The molecule has 0 unspecified atom stereocenters. The Morgan fingerprint density at radius 3 is 2.42 bits per heavy atom. The number of nitrogens with one attached hydrogen (secondary N) is 1. The van der Waals surface area contributed by atoms with Crippen molar-refractivity contribution in [1.82, 2.24) is 10.2 Å². The maximum atomic E-state index is 15.0. The molecular weight excluding hydrogens is 634 g/mol. The molecule has 10 nitrogen and oxygen atoms in total. The van der Waals surface area contributed by atoms with Gasteiger partial charge in [0, 0.05) is 18.7 Å². The highest BCUT2D eigenvalue weighted by molar-refractivity contribution is 6.06. The van der Waals surface area contributed by atoms with Gasteiger partial charge in [0.1, 0.15) is 23.7 Å². The van der Waals surface area contributed by atoms with E-state index in [1.807, 2.05) is 92.7 Å². The van der Waals surface area contributed by atoms with Crippen LogP contribution in [0.15, 0.2) is 97.1 Å². The third kappa shape index (κ3) is 5.70. The van der Waals surface area contributed by atoms with Gasteiger partial charge in [-0.2, -0.15) is 0 Å². The zero-order valence-electron chi connectivity index (χ0n) is 28.5. The first kappa shape index (κ1) is 33.7. The Labute approximate surface area is 291 Å². The zero-order chi connectivity index (χ0) is 35.2. The molecule has 3 aromatic rings. The molecule has 4 heterocycles. The van der Waals surface area contributed by atoms with Crippen LogP contribution < -0.4 is 10.2 Å². The molecule has 2 fully saturated rings. The number of aliphatic hydroxyl groups is 1. The van der Waals surface area contributed by atoms with E-state index >= 15 is 0 Å². The number of ether oxygens (including phenoxy) is 2. The number of likely N-dealkylation sites (tertiary alicyclic amines) is 1. The van der Waals surface area contributed by atoms with Crippen LogP contribution in [0.3, 0.4) is 0 Å². The normalized spacial score (nSPS) is 31.2. The van der Waals surface area contributed by atoms with Crippen LogP contribution in [0.5, 0.6) is 0 Å². The smallest absolute Gasteiger partial charge is 0.313 e. The number of carbonyl (C=O) groups excluding carboxylic acids is 4. The average Bonchev–Trinajstić information content (AvgIpc) is 3.49. The summed E-state index contributed by atoms with van der Waals surface area (Å²) >= 11 is 0. The fraction of sp³-hybridized carbons (Fsp3) is 0.400. The van der Waals surface area contributed by atoms with E-state index < -0.39 is 59.6 Å². The summed E-state index contributed by atoms with van der Waals surface area (Å²) in [5.41, 5.74) is -0.167. The molecule has 2 N–H and O–H groups in total. The molecule has 0 bridgehead atoms. The van der Waals surface area contributed by atoms with Crippen molar-refractivity contribution < 1.29 is 33.8 Å². The van der Waals surface area contributed by atoms with Gasteiger partial charge in [-0.05, 0) is 47.7 Å². The molecule has 0 aliphatic carbocycles. The topological polar surface area (TPSA) is 125 Å². The highest BCUT2D eigenvalue weighted by Crippen LogP contribution is 2.54. The van der Waals surface area contributed by atoms with Crippen LogP contribution in [0, 0.1) is 17.8 Å². The van der Waals surface area contributed by atoms with Crippen LogP contribution in [0.4, 0.5) is 5.69 Å². The number of rotatable bonds is 5. The van der Waals surface area contributed by atoms with E-state index in [4.69, 9.17) is 9.47 Å². The lowest BCUT2D eigenvalue weighted by Gasteiger charge is -2.39. The van der Waals surface area contributed by atoms with Gasteiger partial charge in [-0.15, -0.1) is 0 Å². The second-order valence-electron chi connectivity index (χ2n) is 14.1. The highest BCUT2D eigenvalue weighted by Gasteiger charge is 2.72. The van der Waals surface area contributed by atoms with Gasteiger partial charge < -0.3 is 29.7 Å². The number of nitrogens with zero attached hydrogens (tertiary/aromatic N) is 2. The number of benzene rings is 3. The van der Waals surface area contributed by atoms with E-state index in [0.29, 0.717) is 17.7 Å². The molecule has 260 valence electrons. The van der Waals surface area contributed by atoms with E-state index in [0.717, 1.165) is 10.8 Å². The van der Waals surface area contributed by atoms with Crippen LogP contribution >= 0.6 is 0 Å². The molecule has 2 saturated heterocycles. The van der Waals surface area contributed by atoms with Crippen molar-refractivity contribution in [1.29, 1.82) is 0 Å². The first-order valence-electron chi connectivity index (χ1n) is 17.4. The maximum absolute atomic E-state index is 15.0. The molecule has 3 amide bonds. The molecule has 10 heteroatoms. The summed E-state index contributed by atoms with van der Waals surface area (Å²) in [4.78, 5) is 60.4. The molecular formula is C40H43N3O7. The summed E-state index contributed by atoms with van der Waals surface area (Å²) in [6.07, 6.45) is 5.97. The summed E-state index contributed by atoms with van der Waals surface area (Å²) in [5.74, 6) is -4.06. The number of anilines is 1. The van der Waals surface area contributed by atoms with Crippen LogP contribution in [-0.4, -0.2) is 76.7 Å². The second kappa shape index (κ2) is 13.5. The Morgan fingerprint density at radius 1 is 0.940 bits per heavy atom. The number of allylic oxidation sites excluding steroid dienone is 1. The first-order chi connectivity index (χ1) is 24.1. The van der Waals surface area contributed by atoms with Crippen LogP contribution in [0.2, 0.25) is 0 Å². The predicted molar refractivity (Wildman–Crippen MR) is 188 cm³/mol. The van der Waals surface area contributed by atoms with Crippen molar-refractivity contribution >= 4 is 40.2 Å². The van der Waals surface area contributed by atoms with Gasteiger partial charge in [0.25, 0.3) is 5.91 Å². The lowest BCUT2D eigenvalue weighted by atomic mass is 9.77. The SMILES string of the molecule is CC(C)[C@H](CO)N1C(=O)[C@@H]2[C@H]3C(=O)O[C@H](c4ccccc4)[C@@H](C)NC(=O)CC/C=C\[C@H]3O[C@@]23C=CCN(c2ccc4ccccc4c2)C(=O)[C@@H]13. The van der Waals surface area contributed by atoms with E-state index in [9.17, 15) is 24.3 Å². The van der Waals surface area contributed by atoms with Gasteiger partial charge in [-0.25, -0.2) is 0 Å². The van der Waals surface area contributed by atoms with Crippen molar-refractivity contribution in [3.05, 3.63) is 103 Å². The Balaban J connectivity index is 1.34. The van der Waals surface area contributed by atoms with Crippen molar-refractivity contribution in [3.8, 4) is 0 Å². The minimum absolute atomic E-state index is 0.181. The number of aliphatic hydroxyl groups excluding tert-OH is 1. The lowest BCUT2D eigenvalue weighted by Crippen LogP contribution is -2.59. The number of hydrogen-bond donors (Lipinski definition) is 2. The van der Waals surface area contributed by atoms with Gasteiger partial charge in [-0.1, -0.05) is 98.8 Å². The third-order valence-corrected chi connectivity index (χ3v) is 10.6. The monoisotopic (exact) mass is 677 g/mol. The van der Waals surface area contributed by atoms with Gasteiger partial charge >= 0.3 is 5.97 Å². The summed E-state index contributed by atoms with van der Waals surface area (Å²) in [6.45, 7) is 5.42. The molecule has 4 aliphatic heterocycles. The highest BCUT2D eigenvalue weighted by atomic mass is 16.6. The Bertz CT molecular complexity index is 1860. The molecule has 0 saturated carbocycles. The fourth-order valence-corrected chi connectivity index (χ4v) is 8.20. The van der Waals surface area contributed by atoms with Crippen LogP contribution in [-0.2, 0) is 28.7 Å². The molecule has 8 atom stereocenters. The van der Waals surface area contributed by atoms with E-state index in [1.165, 1.54) is 4.90 Å². The van der Waals surface area contributed by atoms with Crippen molar-refractivity contribution in [2.75, 3.05) is 18.1 Å². The number of fused-ring (bicyclic) bond motifs is 3. The van der Waals surface area contributed by atoms with Gasteiger partial charge in [-0.3, -0.25) is 19.2 Å². The summed E-state index contributed by atoms with van der Waals surface area (Å²) in [5, 5.41) is 15.6. The van der Waals surface area contributed by atoms with Crippen LogP contribution in [0.25, 0.3) is 10.8 Å². The van der Waals surface area contributed by atoms with Crippen molar-refractivity contribution in [3.63, 3.8) is 0 Å². The molecule has 7 rings (SSSR count). The first-order valence-corrected chi connectivity index (χ1v) is 17.4. The fourth-order valence-electron chi connectivity index (χ4n) is 8.20. The molecule has 1 spiro atoms. The summed E-state index contributed by atoms with van der Waals surface area (Å²) in [6, 6.07) is 20.4. The maximum Gasteiger partial charge on any atom is 0.313 e. The quantitative estimate of drug-likeness (QED) is 0.302. The molecule has 3 aromatic carbocycles. The molecule has 4 aliphatic rings. The average molecular weight is 678 g/mol. The van der Waals surface area contributed by atoms with E-state index in [-0.39, 0.29) is 37.3 Å².